The molecule has 0 spiro atoms. The lowest BCUT2D eigenvalue weighted by Crippen LogP contribution is -2.40. The highest BCUT2D eigenvalue weighted by atomic mass is 32.2. The smallest absolute Gasteiger partial charge is 0.264 e. The Morgan fingerprint density at radius 3 is 2.29 bits per heavy atom. The third-order valence-corrected chi connectivity index (χ3v) is 8.19. The third-order valence-electron chi connectivity index (χ3n) is 6.41. The standard InChI is InChI=1S/C30H32N4O3S/c1-5-25-11-9-10-14-29(25)33(38(36,37)28-12-7-6-8-13-28)21-30(35)32-31-20-26-19-23(3)34(24(26)4)27-17-15-22(2)16-18-27/h6-20H,5,21H2,1-4H3,(H,32,35)/b31-20-. The molecule has 196 valence electrons. The van der Waals surface area contributed by atoms with E-state index in [0.717, 1.165) is 32.5 Å². The summed E-state index contributed by atoms with van der Waals surface area (Å²) in [6.07, 6.45) is 2.20. The summed E-state index contributed by atoms with van der Waals surface area (Å²) < 4.78 is 30.4. The van der Waals surface area contributed by atoms with Crippen LogP contribution < -0.4 is 9.73 Å². The summed E-state index contributed by atoms with van der Waals surface area (Å²) in [4.78, 5) is 13.1. The Balaban J connectivity index is 1.57. The highest BCUT2D eigenvalue weighted by Crippen LogP contribution is 2.27. The van der Waals surface area contributed by atoms with Crippen molar-refractivity contribution in [3.63, 3.8) is 0 Å². The van der Waals surface area contributed by atoms with Gasteiger partial charge in [-0.05, 0) is 69.2 Å². The van der Waals surface area contributed by atoms with Gasteiger partial charge in [-0.3, -0.25) is 9.10 Å². The molecule has 7 nitrogen and oxygen atoms in total. The number of rotatable bonds is 9. The molecular formula is C30H32N4O3S. The predicted molar refractivity (Wildman–Crippen MR) is 153 cm³/mol. The van der Waals surface area contributed by atoms with Crippen LogP contribution in [0.4, 0.5) is 5.69 Å². The van der Waals surface area contributed by atoms with Gasteiger partial charge in [0, 0.05) is 22.6 Å². The van der Waals surface area contributed by atoms with Crippen LogP contribution in [0.2, 0.25) is 0 Å². The average Bonchev–Trinajstić information content (AvgIpc) is 3.20. The molecule has 0 radical (unpaired) electrons. The lowest BCUT2D eigenvalue weighted by Gasteiger charge is -2.25. The first kappa shape index (κ1) is 26.9. The summed E-state index contributed by atoms with van der Waals surface area (Å²) in [6, 6.07) is 25.6. The maximum Gasteiger partial charge on any atom is 0.264 e. The number of hydrogen-bond acceptors (Lipinski definition) is 4. The van der Waals surface area contributed by atoms with Crippen LogP contribution in [0.25, 0.3) is 5.69 Å². The van der Waals surface area contributed by atoms with Crippen molar-refractivity contribution in [2.45, 2.75) is 39.0 Å². The number of para-hydroxylation sites is 1. The number of nitrogens with one attached hydrogen (secondary N) is 1. The van der Waals surface area contributed by atoms with E-state index in [9.17, 15) is 13.2 Å². The molecular weight excluding hydrogens is 496 g/mol. The molecule has 0 saturated carbocycles. The lowest BCUT2D eigenvalue weighted by atomic mass is 10.1. The fourth-order valence-electron chi connectivity index (χ4n) is 4.42. The number of aryl methyl sites for hydroxylation is 3. The fourth-order valence-corrected chi connectivity index (χ4v) is 5.90. The van der Waals surface area contributed by atoms with Gasteiger partial charge in [0.05, 0.1) is 16.8 Å². The molecule has 4 aromatic rings. The van der Waals surface area contributed by atoms with E-state index in [1.54, 1.807) is 36.5 Å². The monoisotopic (exact) mass is 528 g/mol. The first-order chi connectivity index (χ1) is 18.2. The highest BCUT2D eigenvalue weighted by Gasteiger charge is 2.28. The lowest BCUT2D eigenvalue weighted by molar-refractivity contribution is -0.119. The van der Waals surface area contributed by atoms with Gasteiger partial charge in [0.2, 0.25) is 0 Å². The molecule has 4 rings (SSSR count). The zero-order chi connectivity index (χ0) is 27.3. The second-order valence-corrected chi connectivity index (χ2v) is 11.0. The van der Waals surface area contributed by atoms with Gasteiger partial charge in [0.15, 0.2) is 0 Å². The molecule has 0 aliphatic carbocycles. The molecule has 1 heterocycles. The number of carbonyl (C=O) groups is 1. The topological polar surface area (TPSA) is 83.8 Å². The third kappa shape index (κ3) is 5.70. The Morgan fingerprint density at radius 2 is 1.61 bits per heavy atom. The Morgan fingerprint density at radius 1 is 0.947 bits per heavy atom. The Hall–Kier alpha value is -4.17. The molecule has 0 bridgehead atoms. The minimum absolute atomic E-state index is 0.116. The predicted octanol–water partition coefficient (Wildman–Crippen LogP) is 5.31. The van der Waals surface area contributed by atoms with E-state index in [0.29, 0.717) is 12.1 Å². The van der Waals surface area contributed by atoms with Crippen LogP contribution in [-0.2, 0) is 21.2 Å². The average molecular weight is 529 g/mol. The van der Waals surface area contributed by atoms with Crippen LogP contribution in [0.5, 0.6) is 0 Å². The van der Waals surface area contributed by atoms with Gasteiger partial charge >= 0.3 is 0 Å². The molecule has 0 aliphatic heterocycles. The van der Waals surface area contributed by atoms with E-state index in [2.05, 4.69) is 39.4 Å². The Bertz CT molecular complexity index is 1560. The minimum Gasteiger partial charge on any atom is -0.318 e. The largest absolute Gasteiger partial charge is 0.318 e. The van der Waals surface area contributed by atoms with Gasteiger partial charge in [-0.25, -0.2) is 13.8 Å². The van der Waals surface area contributed by atoms with Gasteiger partial charge in [-0.15, -0.1) is 0 Å². The van der Waals surface area contributed by atoms with Crippen LogP contribution in [0.15, 0.2) is 94.9 Å². The number of sulfonamides is 1. The summed E-state index contributed by atoms with van der Waals surface area (Å²) in [6.45, 7) is 7.59. The van der Waals surface area contributed by atoms with Gasteiger partial charge < -0.3 is 4.57 Å². The number of hydrogen-bond donors (Lipinski definition) is 1. The number of anilines is 1. The van der Waals surface area contributed by atoms with E-state index in [-0.39, 0.29) is 4.90 Å². The molecule has 0 unspecified atom stereocenters. The molecule has 1 N–H and O–H groups in total. The van der Waals surface area contributed by atoms with E-state index < -0.39 is 22.5 Å². The summed E-state index contributed by atoms with van der Waals surface area (Å²) in [5.74, 6) is -0.543. The second-order valence-electron chi connectivity index (χ2n) is 9.10. The zero-order valence-corrected chi connectivity index (χ0v) is 22.9. The van der Waals surface area contributed by atoms with Crippen molar-refractivity contribution in [2.75, 3.05) is 10.8 Å². The van der Waals surface area contributed by atoms with Crippen molar-refractivity contribution in [3.05, 3.63) is 113 Å². The van der Waals surface area contributed by atoms with Gasteiger partial charge in [0.1, 0.15) is 6.54 Å². The van der Waals surface area contributed by atoms with Crippen molar-refractivity contribution in [3.8, 4) is 5.69 Å². The summed E-state index contributed by atoms with van der Waals surface area (Å²) in [5, 5.41) is 4.15. The van der Waals surface area contributed by atoms with Crippen LogP contribution in [0.3, 0.4) is 0 Å². The maximum atomic E-state index is 13.6. The zero-order valence-electron chi connectivity index (χ0n) is 22.0. The van der Waals surface area contributed by atoms with Crippen molar-refractivity contribution < 1.29 is 13.2 Å². The SMILES string of the molecule is CCc1ccccc1N(CC(=O)N/N=C\c1cc(C)n(-c2ccc(C)cc2)c1C)S(=O)(=O)c1ccccc1. The van der Waals surface area contributed by atoms with Crippen LogP contribution in [0.1, 0.15) is 35.0 Å². The van der Waals surface area contributed by atoms with E-state index in [1.807, 2.05) is 45.9 Å². The molecule has 0 fully saturated rings. The summed E-state index contributed by atoms with van der Waals surface area (Å²) in [5.41, 5.74) is 8.91. The number of aromatic nitrogens is 1. The van der Waals surface area contributed by atoms with E-state index in [4.69, 9.17) is 0 Å². The second kappa shape index (κ2) is 11.5. The quantitative estimate of drug-likeness (QED) is 0.236. The van der Waals surface area contributed by atoms with Crippen molar-refractivity contribution in [1.29, 1.82) is 0 Å². The number of nitrogens with zero attached hydrogens (tertiary/aromatic N) is 3. The number of benzene rings is 3. The minimum atomic E-state index is -3.98. The van der Waals surface area contributed by atoms with E-state index in [1.165, 1.54) is 17.7 Å². The molecule has 1 amide bonds. The molecule has 1 aromatic heterocycles. The van der Waals surface area contributed by atoms with E-state index >= 15 is 0 Å². The molecule has 0 aliphatic rings. The Labute approximate surface area is 224 Å². The van der Waals surface area contributed by atoms with Crippen LogP contribution in [0, 0.1) is 20.8 Å². The number of amides is 1. The van der Waals surface area contributed by atoms with Crippen LogP contribution in [-0.4, -0.2) is 31.7 Å². The highest BCUT2D eigenvalue weighted by molar-refractivity contribution is 7.92. The number of hydrazone groups is 1. The first-order valence-electron chi connectivity index (χ1n) is 12.5. The van der Waals surface area contributed by atoms with Gasteiger partial charge in [0.25, 0.3) is 15.9 Å². The molecule has 38 heavy (non-hydrogen) atoms. The summed E-state index contributed by atoms with van der Waals surface area (Å²) in [7, 11) is -3.98. The maximum absolute atomic E-state index is 13.6. The van der Waals surface area contributed by atoms with Gasteiger partial charge in [-0.1, -0.05) is 61.0 Å². The fraction of sp³-hybridized carbons (Fsp3) is 0.200. The normalized spacial score (nSPS) is 11.6. The molecule has 0 saturated heterocycles. The molecule has 0 atom stereocenters. The molecule has 3 aromatic carbocycles. The van der Waals surface area contributed by atoms with Crippen LogP contribution >= 0.6 is 0 Å². The summed E-state index contributed by atoms with van der Waals surface area (Å²) >= 11 is 0. The van der Waals surface area contributed by atoms with Crippen molar-refractivity contribution >= 4 is 27.8 Å². The first-order valence-corrected chi connectivity index (χ1v) is 13.9. The Kier molecular flexibility index (Phi) is 8.12. The van der Waals surface area contributed by atoms with Crippen molar-refractivity contribution in [2.24, 2.45) is 5.10 Å². The van der Waals surface area contributed by atoms with Gasteiger partial charge in [-0.2, -0.15) is 5.10 Å². The number of carbonyl (C=O) groups excluding carboxylic acids is 1. The van der Waals surface area contributed by atoms with Crippen molar-refractivity contribution in [1.82, 2.24) is 9.99 Å². The molecule has 8 heteroatoms.